The zero-order valence-corrected chi connectivity index (χ0v) is 18.0. The molecule has 1 aromatic heterocycles. The van der Waals surface area contributed by atoms with E-state index in [1.165, 1.54) is 0 Å². The second-order valence-electron chi connectivity index (χ2n) is 6.29. The molecule has 0 atom stereocenters. The highest BCUT2D eigenvalue weighted by Crippen LogP contribution is 2.35. The third kappa shape index (κ3) is 4.84. The summed E-state index contributed by atoms with van der Waals surface area (Å²) < 4.78 is 10.9. The highest BCUT2D eigenvalue weighted by molar-refractivity contribution is 6.01. The van der Waals surface area contributed by atoms with E-state index in [1.54, 1.807) is 13.3 Å². The SMILES string of the molecule is COc1cc(C=NN2CCOCC2)cc2[nH]c(=O)c3c(c12)NCCC3.Cl.Cl.Cl. The maximum Gasteiger partial charge on any atom is 0.253 e. The summed E-state index contributed by atoms with van der Waals surface area (Å²) in [6.07, 6.45) is 3.56. The number of aromatic nitrogens is 1. The number of methoxy groups -OCH3 is 1. The van der Waals surface area contributed by atoms with E-state index in [4.69, 9.17) is 9.47 Å². The Balaban J connectivity index is 0.00000131. The number of rotatable bonds is 3. The van der Waals surface area contributed by atoms with Crippen molar-refractivity contribution in [3.63, 3.8) is 0 Å². The van der Waals surface area contributed by atoms with Crippen molar-refractivity contribution in [2.45, 2.75) is 12.8 Å². The number of morpholine rings is 1. The van der Waals surface area contributed by atoms with Crippen LogP contribution in [0.4, 0.5) is 5.69 Å². The van der Waals surface area contributed by atoms with Gasteiger partial charge in [-0.15, -0.1) is 37.2 Å². The molecule has 2 aromatic rings. The van der Waals surface area contributed by atoms with Gasteiger partial charge in [0, 0.05) is 17.7 Å². The summed E-state index contributed by atoms with van der Waals surface area (Å²) >= 11 is 0. The van der Waals surface area contributed by atoms with Crippen molar-refractivity contribution < 1.29 is 9.47 Å². The van der Waals surface area contributed by atoms with E-state index in [0.717, 1.165) is 65.9 Å². The molecule has 1 aromatic carbocycles. The lowest BCUT2D eigenvalue weighted by Gasteiger charge is -2.23. The molecule has 10 heteroatoms. The molecule has 28 heavy (non-hydrogen) atoms. The van der Waals surface area contributed by atoms with Gasteiger partial charge in [-0.05, 0) is 25.0 Å². The zero-order chi connectivity index (χ0) is 17.2. The van der Waals surface area contributed by atoms with Gasteiger partial charge in [0.05, 0.1) is 56.2 Å². The number of benzene rings is 1. The fraction of sp³-hybridized carbons (Fsp3) is 0.444. The van der Waals surface area contributed by atoms with Gasteiger partial charge in [-0.1, -0.05) is 0 Å². The first-order valence-electron chi connectivity index (χ1n) is 8.63. The topological polar surface area (TPSA) is 79.0 Å². The van der Waals surface area contributed by atoms with E-state index >= 15 is 0 Å². The molecule has 0 aliphatic carbocycles. The fourth-order valence-corrected chi connectivity index (χ4v) is 3.42. The van der Waals surface area contributed by atoms with E-state index in [2.05, 4.69) is 15.4 Å². The molecule has 156 valence electrons. The summed E-state index contributed by atoms with van der Waals surface area (Å²) in [5.41, 5.74) is 3.34. The Morgan fingerprint density at radius 2 is 1.96 bits per heavy atom. The first-order valence-corrected chi connectivity index (χ1v) is 8.63. The molecule has 0 amide bonds. The Hall–Kier alpha value is -1.67. The normalized spacial score (nSPS) is 15.7. The van der Waals surface area contributed by atoms with E-state index < -0.39 is 0 Å². The van der Waals surface area contributed by atoms with Crippen molar-refractivity contribution in [2.75, 3.05) is 45.3 Å². The largest absolute Gasteiger partial charge is 0.496 e. The first kappa shape index (κ1) is 24.4. The standard InChI is InChI=1S/C18H22N4O3.3ClH/c1-24-15-10-12(11-20-22-5-7-25-8-6-22)9-14-16(15)17-13(18(23)21-14)3-2-4-19-17;;;/h9-11,19H,2-8H2,1H3,(H,21,23);3*1H. The van der Waals surface area contributed by atoms with Crippen molar-refractivity contribution in [3.05, 3.63) is 33.6 Å². The van der Waals surface area contributed by atoms with Crippen LogP contribution in [0.15, 0.2) is 22.0 Å². The minimum absolute atomic E-state index is 0. The van der Waals surface area contributed by atoms with Crippen molar-refractivity contribution in [3.8, 4) is 5.75 Å². The average molecular weight is 452 g/mol. The number of ether oxygens (including phenoxy) is 2. The molecule has 4 rings (SSSR count). The van der Waals surface area contributed by atoms with Crippen LogP contribution in [0, 0.1) is 0 Å². The number of halogens is 3. The van der Waals surface area contributed by atoms with Crippen LogP contribution in [0.25, 0.3) is 10.9 Å². The van der Waals surface area contributed by atoms with Crippen molar-refractivity contribution in [1.29, 1.82) is 0 Å². The predicted octanol–water partition coefficient (Wildman–Crippen LogP) is 2.83. The summed E-state index contributed by atoms with van der Waals surface area (Å²) in [5.74, 6) is 0.739. The van der Waals surface area contributed by atoms with Crippen molar-refractivity contribution in [1.82, 2.24) is 9.99 Å². The van der Waals surface area contributed by atoms with E-state index in [-0.39, 0.29) is 42.8 Å². The van der Waals surface area contributed by atoms with Gasteiger partial charge in [-0.3, -0.25) is 9.80 Å². The molecule has 3 heterocycles. The number of hydrogen-bond donors (Lipinski definition) is 2. The molecule has 1 fully saturated rings. The monoisotopic (exact) mass is 450 g/mol. The maximum atomic E-state index is 12.4. The van der Waals surface area contributed by atoms with Gasteiger partial charge in [0.25, 0.3) is 5.56 Å². The zero-order valence-electron chi connectivity index (χ0n) is 15.5. The number of H-pyrrole nitrogens is 1. The van der Waals surface area contributed by atoms with E-state index in [0.29, 0.717) is 13.2 Å². The number of hydrogen-bond acceptors (Lipinski definition) is 6. The molecule has 0 saturated carbocycles. The predicted molar refractivity (Wildman–Crippen MR) is 120 cm³/mol. The molecule has 0 unspecified atom stereocenters. The molecule has 1 saturated heterocycles. The molecular formula is C18H25Cl3N4O3. The van der Waals surface area contributed by atoms with Crippen molar-refractivity contribution >= 4 is 60.0 Å². The second kappa shape index (κ2) is 10.8. The summed E-state index contributed by atoms with van der Waals surface area (Å²) in [7, 11) is 1.65. The molecule has 2 aliphatic heterocycles. The number of aromatic amines is 1. The Kier molecular flexibility index (Phi) is 9.36. The van der Waals surface area contributed by atoms with Gasteiger partial charge >= 0.3 is 0 Å². The van der Waals surface area contributed by atoms with Crippen LogP contribution >= 0.6 is 37.2 Å². The number of pyridine rings is 1. The van der Waals surface area contributed by atoms with Crippen LogP contribution in [-0.4, -0.2) is 56.2 Å². The lowest BCUT2D eigenvalue weighted by molar-refractivity contribution is 0.0397. The quantitative estimate of drug-likeness (QED) is 0.702. The van der Waals surface area contributed by atoms with Crippen LogP contribution < -0.4 is 15.6 Å². The summed E-state index contributed by atoms with van der Waals surface area (Å²) in [4.78, 5) is 15.4. The molecule has 2 aliphatic rings. The third-order valence-electron chi connectivity index (χ3n) is 4.68. The van der Waals surface area contributed by atoms with Gasteiger partial charge in [0.1, 0.15) is 5.75 Å². The lowest BCUT2D eigenvalue weighted by Crippen LogP contribution is -2.32. The maximum absolute atomic E-state index is 12.4. The number of hydrazone groups is 1. The Bertz CT molecular complexity index is 882. The highest BCUT2D eigenvalue weighted by atomic mass is 35.5. The average Bonchev–Trinajstić information content (AvgIpc) is 2.66. The van der Waals surface area contributed by atoms with Gasteiger partial charge in [0.2, 0.25) is 0 Å². The number of nitrogens with one attached hydrogen (secondary N) is 2. The minimum atomic E-state index is -0.0287. The summed E-state index contributed by atoms with van der Waals surface area (Å²) in [6.45, 7) is 3.84. The van der Waals surface area contributed by atoms with Gasteiger partial charge < -0.3 is 19.8 Å². The van der Waals surface area contributed by atoms with Crippen LogP contribution in [0.2, 0.25) is 0 Å². The Morgan fingerprint density at radius 1 is 1.21 bits per heavy atom. The molecular weight excluding hydrogens is 427 g/mol. The van der Waals surface area contributed by atoms with Gasteiger partial charge in [-0.25, -0.2) is 0 Å². The van der Waals surface area contributed by atoms with Gasteiger partial charge in [-0.2, -0.15) is 5.10 Å². The third-order valence-corrected chi connectivity index (χ3v) is 4.68. The second-order valence-corrected chi connectivity index (χ2v) is 6.29. The van der Waals surface area contributed by atoms with E-state index in [1.807, 2.05) is 17.1 Å². The minimum Gasteiger partial charge on any atom is -0.496 e. The van der Waals surface area contributed by atoms with Crippen LogP contribution in [0.3, 0.4) is 0 Å². The van der Waals surface area contributed by atoms with Crippen molar-refractivity contribution in [2.24, 2.45) is 5.10 Å². The Labute approximate surface area is 182 Å². The molecule has 0 spiro atoms. The number of fused-ring (bicyclic) bond motifs is 3. The van der Waals surface area contributed by atoms with Crippen LogP contribution in [0.1, 0.15) is 17.5 Å². The van der Waals surface area contributed by atoms with Crippen LogP contribution in [-0.2, 0) is 11.2 Å². The van der Waals surface area contributed by atoms with Gasteiger partial charge in [0.15, 0.2) is 0 Å². The smallest absolute Gasteiger partial charge is 0.253 e. The Morgan fingerprint density at radius 3 is 2.68 bits per heavy atom. The molecule has 0 bridgehead atoms. The fourth-order valence-electron chi connectivity index (χ4n) is 3.42. The lowest BCUT2D eigenvalue weighted by atomic mass is 10.00. The number of anilines is 1. The molecule has 7 nitrogen and oxygen atoms in total. The van der Waals surface area contributed by atoms with E-state index in [9.17, 15) is 4.79 Å². The summed E-state index contributed by atoms with van der Waals surface area (Å²) in [5, 5.41) is 10.8. The highest BCUT2D eigenvalue weighted by Gasteiger charge is 2.19. The molecule has 0 radical (unpaired) electrons. The first-order chi connectivity index (χ1) is 12.3. The molecule has 2 N–H and O–H groups in total. The van der Waals surface area contributed by atoms with Crippen LogP contribution in [0.5, 0.6) is 5.75 Å². The number of nitrogens with zero attached hydrogens (tertiary/aromatic N) is 2. The summed E-state index contributed by atoms with van der Waals surface area (Å²) in [6, 6.07) is 3.90.